The standard InChI is InChI=1S/C14H17ClFNO3S/c15-21(19,20)11-6-7-12(13(16)10-11)14(18)17-8-4-2-1-3-5-9-17/h6-7,10H,1-5,8-9H2. The number of hydrogen-bond acceptors (Lipinski definition) is 3. The van der Waals surface area contributed by atoms with Crippen molar-refractivity contribution in [1.82, 2.24) is 4.90 Å². The molecule has 1 aromatic carbocycles. The molecule has 0 bridgehead atoms. The summed E-state index contributed by atoms with van der Waals surface area (Å²) in [6, 6.07) is 3.13. The Bertz CT molecular complexity index is 625. The number of nitrogens with zero attached hydrogens (tertiary/aromatic N) is 1. The molecule has 0 saturated carbocycles. The van der Waals surface area contributed by atoms with Crippen LogP contribution < -0.4 is 0 Å². The number of benzene rings is 1. The van der Waals surface area contributed by atoms with Gasteiger partial charge in [-0.05, 0) is 31.0 Å². The predicted molar refractivity (Wildman–Crippen MR) is 78.4 cm³/mol. The van der Waals surface area contributed by atoms with E-state index < -0.39 is 20.8 Å². The van der Waals surface area contributed by atoms with Crippen molar-refractivity contribution in [2.45, 2.75) is 37.0 Å². The highest BCUT2D eigenvalue weighted by Gasteiger charge is 2.21. The third-order valence-corrected chi connectivity index (χ3v) is 4.95. The molecule has 116 valence electrons. The molecule has 2 rings (SSSR count). The smallest absolute Gasteiger partial charge is 0.261 e. The van der Waals surface area contributed by atoms with Crippen LogP contribution in [0.1, 0.15) is 42.5 Å². The van der Waals surface area contributed by atoms with Crippen molar-refractivity contribution >= 4 is 25.6 Å². The molecule has 0 aromatic heterocycles. The number of amides is 1. The topological polar surface area (TPSA) is 54.5 Å². The highest BCUT2D eigenvalue weighted by Crippen LogP contribution is 2.20. The maximum absolute atomic E-state index is 14.0. The lowest BCUT2D eigenvalue weighted by Crippen LogP contribution is -2.34. The zero-order valence-electron chi connectivity index (χ0n) is 11.5. The number of carbonyl (C=O) groups excluding carboxylic acids is 1. The van der Waals surface area contributed by atoms with Gasteiger partial charge in [-0.2, -0.15) is 0 Å². The molecule has 1 heterocycles. The van der Waals surface area contributed by atoms with Crippen LogP contribution in [-0.2, 0) is 9.05 Å². The minimum Gasteiger partial charge on any atom is -0.339 e. The molecule has 4 nitrogen and oxygen atoms in total. The minimum absolute atomic E-state index is 0.111. The third-order valence-electron chi connectivity index (χ3n) is 3.60. The summed E-state index contributed by atoms with van der Waals surface area (Å²) < 4.78 is 36.3. The van der Waals surface area contributed by atoms with E-state index in [2.05, 4.69) is 0 Å². The molecule has 1 saturated heterocycles. The summed E-state index contributed by atoms with van der Waals surface area (Å²) in [5.41, 5.74) is -0.111. The van der Waals surface area contributed by atoms with Gasteiger partial charge in [0, 0.05) is 23.8 Å². The summed E-state index contributed by atoms with van der Waals surface area (Å²) in [4.78, 5) is 13.6. The molecule has 1 amide bonds. The van der Waals surface area contributed by atoms with Crippen LogP contribution >= 0.6 is 10.7 Å². The maximum atomic E-state index is 14.0. The van der Waals surface area contributed by atoms with Crippen LogP contribution in [0.5, 0.6) is 0 Å². The lowest BCUT2D eigenvalue weighted by Gasteiger charge is -2.25. The second kappa shape index (κ2) is 6.75. The Morgan fingerprint density at radius 2 is 1.67 bits per heavy atom. The largest absolute Gasteiger partial charge is 0.339 e. The van der Waals surface area contributed by atoms with E-state index in [-0.39, 0.29) is 10.5 Å². The van der Waals surface area contributed by atoms with Crippen molar-refractivity contribution in [3.8, 4) is 0 Å². The summed E-state index contributed by atoms with van der Waals surface area (Å²) in [6.07, 6.45) is 5.10. The van der Waals surface area contributed by atoms with E-state index in [1.165, 1.54) is 12.5 Å². The Hall–Kier alpha value is -1.14. The lowest BCUT2D eigenvalue weighted by atomic mass is 10.1. The van der Waals surface area contributed by atoms with E-state index in [9.17, 15) is 17.6 Å². The van der Waals surface area contributed by atoms with E-state index in [0.717, 1.165) is 37.8 Å². The van der Waals surface area contributed by atoms with Gasteiger partial charge in [0.25, 0.3) is 15.0 Å². The molecule has 0 radical (unpaired) electrons. The second-order valence-electron chi connectivity index (χ2n) is 5.14. The van der Waals surface area contributed by atoms with Gasteiger partial charge in [-0.1, -0.05) is 19.3 Å². The fourth-order valence-corrected chi connectivity index (χ4v) is 3.20. The molecule has 1 fully saturated rings. The molecule has 0 N–H and O–H groups in total. The van der Waals surface area contributed by atoms with Crippen LogP contribution in [0, 0.1) is 5.82 Å². The van der Waals surface area contributed by atoms with Crippen LogP contribution in [0.3, 0.4) is 0 Å². The Morgan fingerprint density at radius 1 is 1.10 bits per heavy atom. The van der Waals surface area contributed by atoms with Gasteiger partial charge in [0.15, 0.2) is 0 Å². The Kier molecular flexibility index (Phi) is 5.22. The van der Waals surface area contributed by atoms with Crippen molar-refractivity contribution in [1.29, 1.82) is 0 Å². The fraction of sp³-hybridized carbons (Fsp3) is 0.500. The SMILES string of the molecule is O=C(c1ccc(S(=O)(=O)Cl)cc1F)N1CCCCCCC1. The molecule has 21 heavy (non-hydrogen) atoms. The number of halogens is 2. The summed E-state index contributed by atoms with van der Waals surface area (Å²) in [6.45, 7) is 1.21. The van der Waals surface area contributed by atoms with Crippen molar-refractivity contribution < 1.29 is 17.6 Å². The Morgan fingerprint density at radius 3 is 2.19 bits per heavy atom. The van der Waals surface area contributed by atoms with Crippen molar-refractivity contribution in [2.24, 2.45) is 0 Å². The fourth-order valence-electron chi connectivity index (χ4n) is 2.44. The van der Waals surface area contributed by atoms with Crippen LogP contribution in [-0.4, -0.2) is 32.3 Å². The van der Waals surface area contributed by atoms with Gasteiger partial charge in [-0.3, -0.25) is 4.79 Å². The predicted octanol–water partition coefficient (Wildman–Crippen LogP) is 3.16. The van der Waals surface area contributed by atoms with Gasteiger partial charge < -0.3 is 4.90 Å². The first-order chi connectivity index (χ1) is 9.89. The van der Waals surface area contributed by atoms with E-state index in [4.69, 9.17) is 10.7 Å². The number of carbonyl (C=O) groups is 1. The summed E-state index contributed by atoms with van der Waals surface area (Å²) in [5.74, 6) is -1.25. The van der Waals surface area contributed by atoms with Gasteiger partial charge >= 0.3 is 0 Å². The van der Waals surface area contributed by atoms with Gasteiger partial charge in [0.1, 0.15) is 5.82 Å². The summed E-state index contributed by atoms with van der Waals surface area (Å²) in [5, 5.41) is 0. The normalized spacial score (nSPS) is 17.1. The molecular formula is C14H17ClFNO3S. The van der Waals surface area contributed by atoms with E-state index in [0.29, 0.717) is 13.1 Å². The number of rotatable bonds is 2. The average molecular weight is 334 g/mol. The monoisotopic (exact) mass is 333 g/mol. The first-order valence-electron chi connectivity index (χ1n) is 6.93. The van der Waals surface area contributed by atoms with Crippen LogP contribution in [0.2, 0.25) is 0 Å². The van der Waals surface area contributed by atoms with Crippen molar-refractivity contribution in [3.05, 3.63) is 29.6 Å². The lowest BCUT2D eigenvalue weighted by molar-refractivity contribution is 0.0737. The van der Waals surface area contributed by atoms with Crippen molar-refractivity contribution in [2.75, 3.05) is 13.1 Å². The molecule has 0 unspecified atom stereocenters. The molecule has 1 aromatic rings. The molecule has 1 aliphatic heterocycles. The van der Waals surface area contributed by atoms with Crippen LogP contribution in [0.4, 0.5) is 4.39 Å². The molecule has 0 atom stereocenters. The molecule has 7 heteroatoms. The summed E-state index contributed by atoms with van der Waals surface area (Å²) in [7, 11) is 1.17. The molecular weight excluding hydrogens is 317 g/mol. The molecule has 1 aliphatic rings. The van der Waals surface area contributed by atoms with Crippen LogP contribution in [0.15, 0.2) is 23.1 Å². The Balaban J connectivity index is 2.22. The zero-order chi connectivity index (χ0) is 15.5. The van der Waals surface area contributed by atoms with Gasteiger partial charge in [-0.15, -0.1) is 0 Å². The minimum atomic E-state index is -4.00. The van der Waals surface area contributed by atoms with Crippen LogP contribution in [0.25, 0.3) is 0 Å². The van der Waals surface area contributed by atoms with Gasteiger partial charge in [0.2, 0.25) is 0 Å². The summed E-state index contributed by atoms with van der Waals surface area (Å²) >= 11 is 0. The highest BCUT2D eigenvalue weighted by atomic mass is 35.7. The highest BCUT2D eigenvalue weighted by molar-refractivity contribution is 8.13. The number of hydrogen-bond donors (Lipinski definition) is 0. The first-order valence-corrected chi connectivity index (χ1v) is 9.24. The Labute approximate surface area is 128 Å². The first kappa shape index (κ1) is 16.2. The average Bonchev–Trinajstić information content (AvgIpc) is 2.36. The van der Waals surface area contributed by atoms with E-state index >= 15 is 0 Å². The van der Waals surface area contributed by atoms with E-state index in [1.807, 2.05) is 0 Å². The maximum Gasteiger partial charge on any atom is 0.261 e. The van der Waals surface area contributed by atoms with Gasteiger partial charge in [-0.25, -0.2) is 12.8 Å². The molecule has 0 spiro atoms. The number of likely N-dealkylation sites (tertiary alicyclic amines) is 1. The third kappa shape index (κ3) is 4.17. The quantitative estimate of drug-likeness (QED) is 0.781. The second-order valence-corrected chi connectivity index (χ2v) is 7.71. The van der Waals surface area contributed by atoms with Crippen molar-refractivity contribution in [3.63, 3.8) is 0 Å². The molecule has 0 aliphatic carbocycles. The zero-order valence-corrected chi connectivity index (χ0v) is 13.1. The van der Waals surface area contributed by atoms with E-state index in [1.54, 1.807) is 4.90 Å². The van der Waals surface area contributed by atoms with Gasteiger partial charge in [0.05, 0.1) is 10.5 Å².